The number of hydrogen-bond donors (Lipinski definition) is 2. The van der Waals surface area contributed by atoms with Gasteiger partial charge in [-0.1, -0.05) is 23.7 Å². The molecule has 9 heteroatoms. The van der Waals surface area contributed by atoms with Crippen LogP contribution in [0.25, 0.3) is 10.9 Å². The Kier molecular flexibility index (Phi) is 5.50. The molecule has 0 spiro atoms. The molecule has 1 aliphatic rings. The van der Waals surface area contributed by atoms with Crippen LogP contribution in [0.5, 0.6) is 0 Å². The van der Waals surface area contributed by atoms with Crippen molar-refractivity contribution in [3.8, 4) is 0 Å². The summed E-state index contributed by atoms with van der Waals surface area (Å²) in [5.74, 6) is 0. The van der Waals surface area contributed by atoms with Crippen LogP contribution in [0, 0.1) is 0 Å². The van der Waals surface area contributed by atoms with Crippen LogP contribution in [0.15, 0.2) is 53.6 Å². The zero-order valence-corrected chi connectivity index (χ0v) is 17.0. The molecule has 0 radical (unpaired) electrons. The zero-order chi connectivity index (χ0) is 20.6. The molecule has 0 bridgehead atoms. The van der Waals surface area contributed by atoms with Crippen molar-refractivity contribution in [2.75, 3.05) is 18.4 Å². The maximum Gasteiger partial charge on any atom is 0.268 e. The van der Waals surface area contributed by atoms with E-state index in [4.69, 9.17) is 11.6 Å². The number of halogens is 3. The Morgan fingerprint density at radius 1 is 1.14 bits per heavy atom. The number of alkyl halides is 2. The Morgan fingerprint density at radius 3 is 2.55 bits per heavy atom. The summed E-state index contributed by atoms with van der Waals surface area (Å²) in [5, 5.41) is 7.07. The first-order valence-corrected chi connectivity index (χ1v) is 11.1. The largest absolute Gasteiger partial charge is 0.382 e. The lowest BCUT2D eigenvalue weighted by atomic mass is 10.0. The number of fused-ring (bicyclic) bond motifs is 1. The lowest BCUT2D eigenvalue weighted by Gasteiger charge is -2.25. The molecule has 2 heterocycles. The summed E-state index contributed by atoms with van der Waals surface area (Å²) in [7, 11) is -4.09. The fourth-order valence-corrected chi connectivity index (χ4v) is 5.37. The van der Waals surface area contributed by atoms with Gasteiger partial charge in [-0.15, -0.1) is 0 Å². The van der Waals surface area contributed by atoms with Gasteiger partial charge in [0.2, 0.25) is 0 Å². The van der Waals surface area contributed by atoms with Gasteiger partial charge in [-0.25, -0.2) is 21.2 Å². The molecular weight excluding hydrogens is 420 g/mol. The van der Waals surface area contributed by atoms with Crippen molar-refractivity contribution in [1.82, 2.24) is 9.29 Å². The molecule has 1 aliphatic heterocycles. The van der Waals surface area contributed by atoms with E-state index in [2.05, 4.69) is 10.6 Å². The molecule has 3 aromatic rings. The van der Waals surface area contributed by atoms with Gasteiger partial charge in [0.25, 0.3) is 16.4 Å². The van der Waals surface area contributed by atoms with Gasteiger partial charge >= 0.3 is 0 Å². The van der Waals surface area contributed by atoms with Gasteiger partial charge in [0, 0.05) is 33.9 Å². The van der Waals surface area contributed by atoms with Crippen LogP contribution in [0.3, 0.4) is 0 Å². The smallest absolute Gasteiger partial charge is 0.268 e. The highest BCUT2D eigenvalue weighted by Gasteiger charge is 2.26. The van der Waals surface area contributed by atoms with Crippen LogP contribution < -0.4 is 10.6 Å². The lowest BCUT2D eigenvalue weighted by Crippen LogP contribution is -2.35. The van der Waals surface area contributed by atoms with E-state index in [9.17, 15) is 17.2 Å². The van der Waals surface area contributed by atoms with Crippen molar-refractivity contribution in [3.63, 3.8) is 0 Å². The highest BCUT2D eigenvalue weighted by molar-refractivity contribution is 7.90. The number of piperidine rings is 1. The van der Waals surface area contributed by atoms with Gasteiger partial charge in [-0.3, -0.25) is 0 Å². The Morgan fingerprint density at radius 2 is 1.86 bits per heavy atom. The second kappa shape index (κ2) is 7.93. The quantitative estimate of drug-likeness (QED) is 0.608. The molecule has 2 aromatic carbocycles. The standard InChI is InChI=1S/C20H20ClF2N3O2S/c21-13-3-1-4-15(11-13)29(27,28)26-12-16(20(22)23)19-17(5-2-6-18(19)26)25-14-7-9-24-10-8-14/h1-6,11-12,14,20,24-25H,7-10H2. The molecule has 1 fully saturated rings. The minimum absolute atomic E-state index is 0.0561. The average Bonchev–Trinajstić information content (AvgIpc) is 3.11. The van der Waals surface area contributed by atoms with Crippen LogP contribution in [0.2, 0.25) is 5.02 Å². The normalized spacial score (nSPS) is 15.9. The second-order valence-corrected chi connectivity index (χ2v) is 9.26. The van der Waals surface area contributed by atoms with E-state index >= 15 is 0 Å². The van der Waals surface area contributed by atoms with Crippen molar-refractivity contribution in [2.24, 2.45) is 0 Å². The lowest BCUT2D eigenvalue weighted by molar-refractivity contribution is 0.153. The van der Waals surface area contributed by atoms with E-state index in [1.807, 2.05) is 0 Å². The van der Waals surface area contributed by atoms with Crippen LogP contribution in [0.4, 0.5) is 14.5 Å². The minimum atomic E-state index is -4.09. The third kappa shape index (κ3) is 3.84. The molecule has 2 N–H and O–H groups in total. The molecule has 29 heavy (non-hydrogen) atoms. The molecule has 1 saturated heterocycles. The average molecular weight is 440 g/mol. The van der Waals surface area contributed by atoms with Crippen molar-refractivity contribution >= 4 is 38.2 Å². The van der Waals surface area contributed by atoms with Gasteiger partial charge in [0.15, 0.2) is 0 Å². The molecule has 4 rings (SSSR count). The summed E-state index contributed by atoms with van der Waals surface area (Å²) in [6.07, 6.45) is -0.0764. The summed E-state index contributed by atoms with van der Waals surface area (Å²) in [4.78, 5) is -0.0561. The summed E-state index contributed by atoms with van der Waals surface area (Å²) < 4.78 is 55.0. The SMILES string of the molecule is O=S(=O)(c1cccc(Cl)c1)n1cc(C(F)F)c2c(NC3CCNCC3)cccc21. The number of nitrogens with zero attached hydrogens (tertiary/aromatic N) is 1. The Bertz CT molecular complexity index is 1140. The third-order valence-corrected chi connectivity index (χ3v) is 7.02. The van der Waals surface area contributed by atoms with Crippen LogP contribution in [-0.2, 0) is 10.0 Å². The fourth-order valence-electron chi connectivity index (χ4n) is 3.70. The number of nitrogens with one attached hydrogen (secondary N) is 2. The summed E-state index contributed by atoms with van der Waals surface area (Å²) in [6.45, 7) is 1.69. The second-order valence-electron chi connectivity index (χ2n) is 7.01. The number of rotatable bonds is 5. The van der Waals surface area contributed by atoms with E-state index in [1.165, 1.54) is 24.3 Å². The van der Waals surface area contributed by atoms with Crippen LogP contribution in [0.1, 0.15) is 24.8 Å². The molecule has 5 nitrogen and oxygen atoms in total. The molecule has 0 amide bonds. The van der Waals surface area contributed by atoms with Gasteiger partial charge in [0.05, 0.1) is 10.4 Å². The first-order chi connectivity index (χ1) is 13.9. The summed E-state index contributed by atoms with van der Waals surface area (Å²) in [6, 6.07) is 10.8. The minimum Gasteiger partial charge on any atom is -0.382 e. The Balaban J connectivity index is 1.87. The van der Waals surface area contributed by atoms with Gasteiger partial charge in [-0.2, -0.15) is 0 Å². The van der Waals surface area contributed by atoms with E-state index < -0.39 is 16.4 Å². The molecule has 1 aromatic heterocycles. The van der Waals surface area contributed by atoms with Crippen LogP contribution >= 0.6 is 11.6 Å². The van der Waals surface area contributed by atoms with Gasteiger partial charge in [-0.05, 0) is 56.3 Å². The zero-order valence-electron chi connectivity index (χ0n) is 15.4. The topological polar surface area (TPSA) is 63.1 Å². The fraction of sp³-hybridized carbons (Fsp3) is 0.300. The molecule has 0 atom stereocenters. The summed E-state index contributed by atoms with van der Waals surface area (Å²) >= 11 is 5.94. The van der Waals surface area contributed by atoms with E-state index in [0.29, 0.717) is 5.69 Å². The van der Waals surface area contributed by atoms with E-state index in [1.54, 1.807) is 18.2 Å². The van der Waals surface area contributed by atoms with Crippen molar-refractivity contribution in [1.29, 1.82) is 0 Å². The van der Waals surface area contributed by atoms with Crippen LogP contribution in [-0.4, -0.2) is 31.5 Å². The highest BCUT2D eigenvalue weighted by atomic mass is 35.5. The van der Waals surface area contributed by atoms with Crippen molar-refractivity contribution in [2.45, 2.75) is 30.2 Å². The van der Waals surface area contributed by atoms with Gasteiger partial charge < -0.3 is 10.6 Å². The summed E-state index contributed by atoms with van der Waals surface area (Å²) in [5.41, 5.74) is 0.409. The molecule has 0 aliphatic carbocycles. The molecule has 0 saturated carbocycles. The van der Waals surface area contributed by atoms with Gasteiger partial charge in [0.1, 0.15) is 0 Å². The first-order valence-electron chi connectivity index (χ1n) is 9.28. The number of aromatic nitrogens is 1. The molecule has 0 unspecified atom stereocenters. The Hall–Kier alpha value is -2.16. The maximum atomic E-state index is 13.9. The van der Waals surface area contributed by atoms with Crippen molar-refractivity contribution < 1.29 is 17.2 Å². The van der Waals surface area contributed by atoms with Crippen molar-refractivity contribution in [3.05, 3.63) is 59.2 Å². The van der Waals surface area contributed by atoms with E-state index in [-0.39, 0.29) is 32.4 Å². The Labute approximate surface area is 172 Å². The molecule has 154 valence electrons. The maximum absolute atomic E-state index is 13.9. The predicted molar refractivity (Wildman–Crippen MR) is 110 cm³/mol. The monoisotopic (exact) mass is 439 g/mol. The number of benzene rings is 2. The number of anilines is 1. The number of hydrogen-bond acceptors (Lipinski definition) is 4. The first kappa shape index (κ1) is 20.1. The van der Waals surface area contributed by atoms with E-state index in [0.717, 1.165) is 36.1 Å². The predicted octanol–water partition coefficient (Wildman–Crippen LogP) is 4.63. The molecular formula is C20H20ClF2N3O2S. The highest BCUT2D eigenvalue weighted by Crippen LogP contribution is 2.37. The third-order valence-electron chi connectivity index (χ3n) is 5.11.